The monoisotopic (exact) mass is 419 g/mol. The minimum absolute atomic E-state index is 0.134. The van der Waals surface area contributed by atoms with Gasteiger partial charge >= 0.3 is 5.97 Å². The highest BCUT2D eigenvalue weighted by Crippen LogP contribution is 2.21. The number of sulfone groups is 1. The summed E-state index contributed by atoms with van der Waals surface area (Å²) in [5.41, 5.74) is 2.65. The lowest BCUT2D eigenvalue weighted by Gasteiger charge is -2.12. The van der Waals surface area contributed by atoms with Gasteiger partial charge in [-0.2, -0.15) is 0 Å². The smallest absolute Gasteiger partial charge is 0.307 e. The number of aryl methyl sites for hydroxylation is 2. The summed E-state index contributed by atoms with van der Waals surface area (Å²) in [5, 5.41) is 0. The molecule has 0 saturated carbocycles. The second-order valence-corrected chi connectivity index (χ2v) is 9.17. The van der Waals surface area contributed by atoms with Crippen LogP contribution in [0.5, 0.6) is 0 Å². The van der Waals surface area contributed by atoms with Crippen LogP contribution in [0.4, 0.5) is 0 Å². The molecular formula is C21H25NO6S. The molecule has 0 amide bonds. The van der Waals surface area contributed by atoms with E-state index in [0.717, 1.165) is 5.56 Å². The number of carbonyl (C=O) groups excluding carboxylic acids is 3. The second kappa shape index (κ2) is 8.73. The average molecular weight is 419 g/mol. The van der Waals surface area contributed by atoms with Crippen molar-refractivity contribution in [1.82, 2.24) is 4.98 Å². The Balaban J connectivity index is 2.02. The first-order valence-corrected chi connectivity index (χ1v) is 10.8. The number of hydrogen-bond donors (Lipinski definition) is 1. The minimum atomic E-state index is -3.63. The van der Waals surface area contributed by atoms with Crippen LogP contribution in [0.15, 0.2) is 29.2 Å². The van der Waals surface area contributed by atoms with Gasteiger partial charge in [-0.3, -0.25) is 14.4 Å². The van der Waals surface area contributed by atoms with Crippen molar-refractivity contribution < 1.29 is 27.5 Å². The van der Waals surface area contributed by atoms with Gasteiger partial charge in [0.2, 0.25) is 5.78 Å². The summed E-state index contributed by atoms with van der Waals surface area (Å²) < 4.78 is 29.8. The molecule has 0 unspecified atom stereocenters. The van der Waals surface area contributed by atoms with Crippen LogP contribution in [0.1, 0.15) is 57.9 Å². The summed E-state index contributed by atoms with van der Waals surface area (Å²) in [4.78, 5) is 39.4. The molecule has 0 aliphatic carbocycles. The minimum Gasteiger partial charge on any atom is -0.454 e. The van der Waals surface area contributed by atoms with E-state index in [9.17, 15) is 22.8 Å². The van der Waals surface area contributed by atoms with Gasteiger partial charge in [-0.05, 0) is 52.3 Å². The van der Waals surface area contributed by atoms with Crippen LogP contribution in [-0.4, -0.2) is 42.8 Å². The van der Waals surface area contributed by atoms with Crippen molar-refractivity contribution in [3.05, 3.63) is 52.3 Å². The summed E-state index contributed by atoms with van der Waals surface area (Å²) in [7, 11) is -3.63. The van der Waals surface area contributed by atoms with Crippen molar-refractivity contribution in [2.75, 3.05) is 5.75 Å². The van der Waals surface area contributed by atoms with Crippen molar-refractivity contribution in [3.8, 4) is 0 Å². The number of carbonyl (C=O) groups is 3. The molecule has 8 heteroatoms. The Hall–Kier alpha value is -2.74. The van der Waals surface area contributed by atoms with E-state index in [0.29, 0.717) is 16.8 Å². The first kappa shape index (κ1) is 22.5. The Kier molecular flexibility index (Phi) is 6.79. The number of ether oxygens (including phenoxy) is 1. The number of Topliss-reactive ketones (excluding diaryl/α,β-unsaturated/α-hetero) is 2. The summed E-state index contributed by atoms with van der Waals surface area (Å²) in [6, 6.07) is 6.35. The molecule has 1 aromatic heterocycles. The van der Waals surface area contributed by atoms with Crippen LogP contribution < -0.4 is 0 Å². The highest BCUT2D eigenvalue weighted by molar-refractivity contribution is 7.91. The molecule has 0 aliphatic heterocycles. The molecule has 0 saturated heterocycles. The molecule has 0 spiro atoms. The predicted octanol–water partition coefficient (Wildman–Crippen LogP) is 3.12. The highest BCUT2D eigenvalue weighted by Gasteiger charge is 2.26. The maximum Gasteiger partial charge on any atom is 0.307 e. The van der Waals surface area contributed by atoms with Gasteiger partial charge in [-0.25, -0.2) is 8.42 Å². The summed E-state index contributed by atoms with van der Waals surface area (Å²) in [6.45, 7) is 8.01. The second-order valence-electron chi connectivity index (χ2n) is 7.06. The van der Waals surface area contributed by atoms with Crippen molar-refractivity contribution >= 4 is 27.4 Å². The van der Waals surface area contributed by atoms with Crippen molar-refractivity contribution in [3.63, 3.8) is 0 Å². The SMILES string of the molecule is CC(=O)c1c(C)[nH]c(C(=O)[C@H](C)OC(=O)CCS(=O)(=O)c2ccc(C)cc2)c1C. The zero-order valence-corrected chi connectivity index (χ0v) is 18.0. The average Bonchev–Trinajstić information content (AvgIpc) is 2.94. The van der Waals surface area contributed by atoms with Crippen molar-refractivity contribution in [2.24, 2.45) is 0 Å². The van der Waals surface area contributed by atoms with E-state index in [4.69, 9.17) is 4.74 Å². The largest absolute Gasteiger partial charge is 0.454 e. The highest BCUT2D eigenvalue weighted by atomic mass is 32.2. The third-order valence-corrected chi connectivity index (χ3v) is 6.40. The Morgan fingerprint density at radius 3 is 2.17 bits per heavy atom. The zero-order valence-electron chi connectivity index (χ0n) is 17.2. The van der Waals surface area contributed by atoms with E-state index in [-0.39, 0.29) is 22.8 Å². The lowest BCUT2D eigenvalue weighted by Crippen LogP contribution is -2.26. The molecule has 2 rings (SSSR count). The van der Waals surface area contributed by atoms with Gasteiger partial charge in [0.05, 0.1) is 22.8 Å². The third-order valence-electron chi connectivity index (χ3n) is 4.67. The summed E-state index contributed by atoms with van der Waals surface area (Å²) >= 11 is 0. The molecule has 1 atom stereocenters. The van der Waals surface area contributed by atoms with Crippen LogP contribution in [0.3, 0.4) is 0 Å². The van der Waals surface area contributed by atoms with E-state index in [1.54, 1.807) is 26.0 Å². The Morgan fingerprint density at radius 1 is 1.07 bits per heavy atom. The number of nitrogens with one attached hydrogen (secondary N) is 1. The number of hydrogen-bond acceptors (Lipinski definition) is 6. The van der Waals surface area contributed by atoms with Crippen LogP contribution in [0, 0.1) is 20.8 Å². The molecule has 0 bridgehead atoms. The molecule has 0 fully saturated rings. The van der Waals surface area contributed by atoms with Crippen LogP contribution >= 0.6 is 0 Å². The lowest BCUT2D eigenvalue weighted by molar-refractivity contribution is -0.145. The first-order valence-electron chi connectivity index (χ1n) is 9.17. The molecule has 0 aliphatic rings. The topological polar surface area (TPSA) is 110 Å². The fraction of sp³-hybridized carbons (Fsp3) is 0.381. The van der Waals surface area contributed by atoms with Gasteiger partial charge in [0.15, 0.2) is 21.7 Å². The van der Waals surface area contributed by atoms with Gasteiger partial charge in [-0.1, -0.05) is 17.7 Å². The zero-order chi connectivity index (χ0) is 21.9. The molecule has 0 radical (unpaired) electrons. The number of aromatic amines is 1. The van der Waals surface area contributed by atoms with E-state index < -0.39 is 33.4 Å². The number of benzene rings is 1. The van der Waals surface area contributed by atoms with Gasteiger partial charge in [0, 0.05) is 11.3 Å². The molecule has 1 aromatic carbocycles. The van der Waals surface area contributed by atoms with Gasteiger partial charge in [0.1, 0.15) is 0 Å². The molecule has 2 aromatic rings. The fourth-order valence-corrected chi connectivity index (χ4v) is 4.34. The van der Waals surface area contributed by atoms with Gasteiger partial charge in [-0.15, -0.1) is 0 Å². The van der Waals surface area contributed by atoms with Crippen LogP contribution in [-0.2, 0) is 19.4 Å². The fourth-order valence-electron chi connectivity index (χ4n) is 3.12. The number of H-pyrrole nitrogens is 1. The normalized spacial score (nSPS) is 12.4. The number of ketones is 2. The number of esters is 1. The van der Waals surface area contributed by atoms with Crippen molar-refractivity contribution in [1.29, 1.82) is 0 Å². The van der Waals surface area contributed by atoms with E-state index in [2.05, 4.69) is 4.98 Å². The standard InChI is InChI=1S/C21H25NO6S/c1-12-6-8-17(9-7-12)29(26,27)11-10-18(24)28-16(5)21(25)20-13(2)19(15(4)23)14(3)22-20/h6-9,16,22H,10-11H2,1-5H3/t16-/m0/s1. The summed E-state index contributed by atoms with van der Waals surface area (Å²) in [6.07, 6.45) is -1.48. The molecular weight excluding hydrogens is 394 g/mol. The number of aromatic nitrogens is 1. The quantitative estimate of drug-likeness (QED) is 0.520. The van der Waals surface area contributed by atoms with E-state index in [1.807, 2.05) is 6.92 Å². The lowest BCUT2D eigenvalue weighted by atomic mass is 10.0. The third kappa shape index (κ3) is 5.20. The summed E-state index contributed by atoms with van der Waals surface area (Å²) in [5.74, 6) is -1.84. The molecule has 1 heterocycles. The van der Waals surface area contributed by atoms with Crippen LogP contribution in [0.25, 0.3) is 0 Å². The first-order chi connectivity index (χ1) is 13.4. The van der Waals surface area contributed by atoms with Gasteiger partial charge < -0.3 is 9.72 Å². The Bertz CT molecular complexity index is 1050. The van der Waals surface area contributed by atoms with E-state index >= 15 is 0 Å². The predicted molar refractivity (Wildman–Crippen MR) is 108 cm³/mol. The Labute approximate surface area is 170 Å². The molecule has 7 nitrogen and oxygen atoms in total. The molecule has 156 valence electrons. The molecule has 29 heavy (non-hydrogen) atoms. The van der Waals surface area contributed by atoms with Gasteiger partial charge in [0.25, 0.3) is 0 Å². The van der Waals surface area contributed by atoms with Crippen molar-refractivity contribution in [2.45, 2.75) is 52.0 Å². The maximum atomic E-state index is 12.6. The molecule has 1 N–H and O–H groups in total. The maximum absolute atomic E-state index is 12.6. The van der Waals surface area contributed by atoms with E-state index in [1.165, 1.54) is 26.0 Å². The van der Waals surface area contributed by atoms with Crippen LogP contribution in [0.2, 0.25) is 0 Å². The number of rotatable bonds is 8. The Morgan fingerprint density at radius 2 is 1.66 bits per heavy atom.